The first-order chi connectivity index (χ1) is 22.0. The summed E-state index contributed by atoms with van der Waals surface area (Å²) in [6.07, 6.45) is 1.54. The summed E-state index contributed by atoms with van der Waals surface area (Å²) in [4.78, 5) is 28.6. The van der Waals surface area contributed by atoms with Crippen molar-refractivity contribution in [1.29, 1.82) is 0 Å². The molecule has 0 radical (unpaired) electrons. The summed E-state index contributed by atoms with van der Waals surface area (Å²) in [6.45, 7) is 4.91. The second-order valence-electron chi connectivity index (χ2n) is 10.6. The van der Waals surface area contributed by atoms with E-state index in [1.54, 1.807) is 37.4 Å². The molecule has 1 heterocycles. The summed E-state index contributed by atoms with van der Waals surface area (Å²) < 4.78 is 11.4. The highest BCUT2D eigenvalue weighted by molar-refractivity contribution is 9.10. The Morgan fingerprint density at radius 3 is 2.40 bits per heavy atom. The molecule has 45 heavy (non-hydrogen) atoms. The van der Waals surface area contributed by atoms with Crippen molar-refractivity contribution in [2.24, 2.45) is 5.10 Å². The van der Waals surface area contributed by atoms with E-state index in [0.717, 1.165) is 49.7 Å². The topological polar surface area (TPSA) is 104 Å². The van der Waals surface area contributed by atoms with Crippen LogP contribution in [0.5, 0.6) is 5.75 Å². The Morgan fingerprint density at radius 2 is 1.69 bits per heavy atom. The maximum atomic E-state index is 13.2. The Bertz CT molecular complexity index is 1590. The molecule has 10 heteroatoms. The fraction of sp³-hybridized carbons (Fsp3) is 0.229. The number of nitrogens with one attached hydrogen (secondary N) is 3. The third kappa shape index (κ3) is 9.32. The third-order valence-corrected chi connectivity index (χ3v) is 7.98. The van der Waals surface area contributed by atoms with E-state index in [1.165, 1.54) is 11.8 Å². The highest BCUT2D eigenvalue weighted by Crippen LogP contribution is 2.23. The molecular weight excluding hydrogens is 634 g/mol. The first-order valence-electron chi connectivity index (χ1n) is 14.7. The zero-order valence-electron chi connectivity index (χ0n) is 25.0. The highest BCUT2D eigenvalue weighted by atomic mass is 79.9. The van der Waals surface area contributed by atoms with Gasteiger partial charge in [-0.05, 0) is 71.3 Å². The van der Waals surface area contributed by atoms with E-state index < -0.39 is 5.91 Å². The molecule has 232 valence electrons. The van der Waals surface area contributed by atoms with Gasteiger partial charge in [0.05, 0.1) is 37.8 Å². The van der Waals surface area contributed by atoms with Crippen molar-refractivity contribution < 1.29 is 19.1 Å². The van der Waals surface area contributed by atoms with Gasteiger partial charge in [0.1, 0.15) is 5.75 Å². The summed E-state index contributed by atoms with van der Waals surface area (Å²) in [5.41, 5.74) is 6.77. The lowest BCUT2D eigenvalue weighted by molar-refractivity contribution is 0.0333. The SMILES string of the molecule is COc1ccc(/C=N/NC(=O)c2cc(Br)ccc2NC(=O)c2ccc(CNC(CN3CCOCC3)c3ccccc3)cc2)cc1. The Morgan fingerprint density at radius 1 is 0.956 bits per heavy atom. The van der Waals surface area contributed by atoms with Crippen molar-refractivity contribution in [1.82, 2.24) is 15.6 Å². The van der Waals surface area contributed by atoms with Crippen molar-refractivity contribution >= 4 is 39.6 Å². The number of nitrogens with zero attached hydrogens (tertiary/aromatic N) is 2. The molecule has 1 aliphatic rings. The third-order valence-electron chi connectivity index (χ3n) is 7.49. The Hall–Kier alpha value is -4.35. The molecule has 0 aromatic heterocycles. The van der Waals surface area contributed by atoms with Gasteiger partial charge in [-0.15, -0.1) is 0 Å². The van der Waals surface area contributed by atoms with Crippen molar-refractivity contribution in [2.45, 2.75) is 12.6 Å². The molecule has 3 N–H and O–H groups in total. The minimum absolute atomic E-state index is 0.162. The number of methoxy groups -OCH3 is 1. The summed E-state index contributed by atoms with van der Waals surface area (Å²) in [5.74, 6) is -0.0434. The minimum atomic E-state index is -0.456. The predicted octanol–water partition coefficient (Wildman–Crippen LogP) is 5.64. The maximum absolute atomic E-state index is 13.2. The smallest absolute Gasteiger partial charge is 0.273 e. The summed E-state index contributed by atoms with van der Waals surface area (Å²) in [7, 11) is 1.60. The van der Waals surface area contributed by atoms with Crippen molar-refractivity contribution in [3.05, 3.63) is 129 Å². The number of ether oxygens (including phenoxy) is 2. The molecule has 4 aromatic carbocycles. The van der Waals surface area contributed by atoms with Gasteiger partial charge in [-0.25, -0.2) is 5.43 Å². The number of rotatable bonds is 12. The van der Waals surface area contributed by atoms with Crippen molar-refractivity contribution in [3.63, 3.8) is 0 Å². The average molecular weight is 671 g/mol. The molecule has 2 amide bonds. The zero-order valence-corrected chi connectivity index (χ0v) is 26.6. The molecule has 9 nitrogen and oxygen atoms in total. The van der Waals surface area contributed by atoms with Crippen LogP contribution in [-0.4, -0.2) is 62.9 Å². The number of amides is 2. The minimum Gasteiger partial charge on any atom is -0.497 e. The number of morpholine rings is 1. The fourth-order valence-electron chi connectivity index (χ4n) is 4.95. The first kappa shape index (κ1) is 32.1. The monoisotopic (exact) mass is 669 g/mol. The van der Waals surface area contributed by atoms with Crippen LogP contribution in [0.15, 0.2) is 107 Å². The quantitative estimate of drug-likeness (QED) is 0.133. The van der Waals surface area contributed by atoms with Gasteiger partial charge in [-0.1, -0.05) is 58.4 Å². The van der Waals surface area contributed by atoms with Crippen LogP contribution in [0.25, 0.3) is 0 Å². The van der Waals surface area contributed by atoms with Gasteiger partial charge in [0, 0.05) is 42.3 Å². The second-order valence-corrected chi connectivity index (χ2v) is 11.5. The van der Waals surface area contributed by atoms with E-state index in [4.69, 9.17) is 9.47 Å². The van der Waals surface area contributed by atoms with Crippen LogP contribution in [0, 0.1) is 0 Å². The summed E-state index contributed by atoms with van der Waals surface area (Å²) in [5, 5.41) is 10.6. The number of anilines is 1. The van der Waals surface area contributed by atoms with Gasteiger partial charge in [0.25, 0.3) is 11.8 Å². The molecule has 5 rings (SSSR count). The lowest BCUT2D eigenvalue weighted by atomic mass is 10.0. The highest BCUT2D eigenvalue weighted by Gasteiger charge is 2.19. The van der Waals surface area contributed by atoms with Crippen LogP contribution in [0.2, 0.25) is 0 Å². The molecular formula is C35H36BrN5O4. The average Bonchev–Trinajstić information content (AvgIpc) is 3.08. The lowest BCUT2D eigenvalue weighted by Crippen LogP contribution is -2.41. The van der Waals surface area contributed by atoms with E-state index in [9.17, 15) is 9.59 Å². The van der Waals surface area contributed by atoms with Crippen LogP contribution in [0.4, 0.5) is 5.69 Å². The van der Waals surface area contributed by atoms with Crippen LogP contribution in [0.1, 0.15) is 43.4 Å². The largest absolute Gasteiger partial charge is 0.497 e. The van der Waals surface area contributed by atoms with Gasteiger partial charge >= 0.3 is 0 Å². The Labute approximate surface area is 271 Å². The van der Waals surface area contributed by atoms with Gasteiger partial charge in [0.2, 0.25) is 0 Å². The summed E-state index contributed by atoms with van der Waals surface area (Å²) >= 11 is 3.41. The van der Waals surface area contributed by atoms with Crippen LogP contribution in [-0.2, 0) is 11.3 Å². The molecule has 0 saturated carbocycles. The van der Waals surface area contributed by atoms with Crippen molar-refractivity contribution in [2.75, 3.05) is 45.3 Å². The number of carbonyl (C=O) groups is 2. The standard InChI is InChI=1S/C35H36BrN5O4/c1-44-30-14-9-26(10-15-30)23-38-40-35(43)31-21-29(36)13-16-32(31)39-34(42)28-11-7-25(8-12-28)22-37-33(27-5-3-2-4-6-27)24-41-17-19-45-20-18-41/h2-16,21,23,33,37H,17-20,22,24H2,1H3,(H,39,42)(H,40,43)/b38-23+. The fourth-order valence-corrected chi connectivity index (χ4v) is 5.31. The van der Waals surface area contributed by atoms with E-state index in [2.05, 4.69) is 66.3 Å². The number of hydrogen-bond donors (Lipinski definition) is 3. The van der Waals surface area contributed by atoms with E-state index in [-0.39, 0.29) is 17.5 Å². The van der Waals surface area contributed by atoms with Crippen LogP contribution in [0.3, 0.4) is 0 Å². The normalized spacial score (nSPS) is 14.2. The molecule has 1 fully saturated rings. The molecule has 1 aliphatic heterocycles. The number of carbonyl (C=O) groups excluding carboxylic acids is 2. The molecule has 0 spiro atoms. The predicted molar refractivity (Wildman–Crippen MR) is 180 cm³/mol. The Balaban J connectivity index is 1.20. The van der Waals surface area contributed by atoms with Gasteiger partial charge in [-0.3, -0.25) is 14.5 Å². The number of benzene rings is 4. The van der Waals surface area contributed by atoms with Gasteiger partial charge in [0.15, 0.2) is 0 Å². The van der Waals surface area contributed by atoms with Crippen molar-refractivity contribution in [3.8, 4) is 5.75 Å². The molecule has 0 aliphatic carbocycles. The molecule has 1 atom stereocenters. The van der Waals surface area contributed by atoms with E-state index in [1.807, 2.05) is 42.5 Å². The number of hydrogen-bond acceptors (Lipinski definition) is 7. The lowest BCUT2D eigenvalue weighted by Gasteiger charge is -2.31. The first-order valence-corrected chi connectivity index (χ1v) is 15.5. The van der Waals surface area contributed by atoms with E-state index >= 15 is 0 Å². The molecule has 1 saturated heterocycles. The molecule has 4 aromatic rings. The number of hydrazone groups is 1. The van der Waals surface area contributed by atoms with Gasteiger partial charge in [-0.2, -0.15) is 5.10 Å². The second kappa shape index (κ2) is 16.1. The maximum Gasteiger partial charge on any atom is 0.273 e. The molecule has 1 unspecified atom stereocenters. The summed E-state index contributed by atoms with van der Waals surface area (Å²) in [6, 6.07) is 30.5. The molecule has 0 bridgehead atoms. The Kier molecular flexibility index (Phi) is 11.5. The van der Waals surface area contributed by atoms with Crippen LogP contribution >= 0.6 is 15.9 Å². The zero-order chi connectivity index (χ0) is 31.4. The van der Waals surface area contributed by atoms with Gasteiger partial charge < -0.3 is 20.1 Å². The van der Waals surface area contributed by atoms with E-state index in [0.29, 0.717) is 22.3 Å². The van der Waals surface area contributed by atoms with Crippen LogP contribution < -0.4 is 20.8 Å². The number of halogens is 1.